The third kappa shape index (κ3) is 4.71. The van der Waals surface area contributed by atoms with E-state index in [9.17, 15) is 19.8 Å². The number of aliphatic hydroxyl groups excluding tert-OH is 2. The summed E-state index contributed by atoms with van der Waals surface area (Å²) in [5.41, 5.74) is -0.648. The van der Waals surface area contributed by atoms with Crippen LogP contribution in [0, 0.1) is 40.4 Å². The van der Waals surface area contributed by atoms with Gasteiger partial charge in [0.15, 0.2) is 0 Å². The normalized spacial score (nSPS) is 43.8. The maximum atomic E-state index is 13.2. The summed E-state index contributed by atoms with van der Waals surface area (Å²) in [5, 5.41) is 27.5. The van der Waals surface area contributed by atoms with E-state index in [0.29, 0.717) is 37.3 Å². The first kappa shape index (κ1) is 25.7. The zero-order valence-corrected chi connectivity index (χ0v) is 21.7. The number of hydrogen-bond donors (Lipinski definition) is 4. The zero-order valence-electron chi connectivity index (χ0n) is 21.7. The van der Waals surface area contributed by atoms with Gasteiger partial charge >= 0.3 is 6.09 Å². The summed E-state index contributed by atoms with van der Waals surface area (Å²) in [6, 6.07) is 0. The van der Waals surface area contributed by atoms with Crippen molar-refractivity contribution < 1.29 is 24.5 Å². The number of carbonyl (C=O) groups excluding carboxylic acids is 2. The Morgan fingerprint density at radius 3 is 2.38 bits per heavy atom. The summed E-state index contributed by atoms with van der Waals surface area (Å²) in [6.45, 7) is 10.7. The summed E-state index contributed by atoms with van der Waals surface area (Å²) < 4.78 is 5.24. The molecular weight excluding hydrogens is 432 g/mol. The molecule has 7 heteroatoms. The predicted molar refractivity (Wildman–Crippen MR) is 130 cm³/mol. The Balaban J connectivity index is 1.37. The molecule has 2 amide bonds. The molecular formula is C27H46N2O5. The summed E-state index contributed by atoms with van der Waals surface area (Å²) in [5.74, 6) is 1.62. The van der Waals surface area contributed by atoms with E-state index in [1.54, 1.807) is 0 Å². The molecule has 194 valence electrons. The highest BCUT2D eigenvalue weighted by molar-refractivity contribution is 5.80. The maximum absolute atomic E-state index is 13.2. The van der Waals surface area contributed by atoms with Crippen LogP contribution in [0.2, 0.25) is 0 Å². The van der Waals surface area contributed by atoms with Crippen molar-refractivity contribution in [2.75, 3.05) is 13.1 Å². The quantitative estimate of drug-likeness (QED) is 0.462. The standard InChI is InChI=1S/C27H46N2O5/c1-25(2,3)34-24(33)29-13-12-28-23(32)20-9-8-19-18-7-6-16-14-17(30)10-11-26(16,4)22(18)21(31)15-27(19,20)5/h16-22,30-31H,6-15H2,1-5H3,(H,28,32)(H,29,33)/t16?,17?,18?,19?,20?,21?,22?,26?,27-/m0/s1. The van der Waals surface area contributed by atoms with Crippen molar-refractivity contribution >= 4 is 12.0 Å². The summed E-state index contributed by atoms with van der Waals surface area (Å²) in [7, 11) is 0. The van der Waals surface area contributed by atoms with Crippen molar-refractivity contribution in [1.82, 2.24) is 10.6 Å². The van der Waals surface area contributed by atoms with Crippen molar-refractivity contribution in [1.29, 1.82) is 0 Å². The summed E-state index contributed by atoms with van der Waals surface area (Å²) >= 11 is 0. The monoisotopic (exact) mass is 478 g/mol. The molecule has 9 atom stereocenters. The van der Waals surface area contributed by atoms with Crippen LogP contribution in [0.1, 0.15) is 86.0 Å². The van der Waals surface area contributed by atoms with E-state index >= 15 is 0 Å². The van der Waals surface area contributed by atoms with Gasteiger partial charge in [0.2, 0.25) is 5.91 Å². The molecule has 0 aromatic carbocycles. The molecule has 0 spiro atoms. The Kier molecular flexibility index (Phi) is 7.02. The van der Waals surface area contributed by atoms with Gasteiger partial charge in [-0.15, -0.1) is 0 Å². The lowest BCUT2D eigenvalue weighted by Crippen LogP contribution is -2.59. The average molecular weight is 479 g/mol. The van der Waals surface area contributed by atoms with E-state index < -0.39 is 17.8 Å². The van der Waals surface area contributed by atoms with Gasteiger partial charge in [-0.3, -0.25) is 4.79 Å². The molecule has 0 saturated heterocycles. The second-order valence-electron chi connectivity index (χ2n) is 13.1. The third-order valence-electron chi connectivity index (χ3n) is 9.98. The van der Waals surface area contributed by atoms with Crippen molar-refractivity contribution in [3.63, 3.8) is 0 Å². The van der Waals surface area contributed by atoms with Crippen LogP contribution >= 0.6 is 0 Å². The minimum Gasteiger partial charge on any atom is -0.444 e. The van der Waals surface area contributed by atoms with Gasteiger partial charge in [0, 0.05) is 19.0 Å². The van der Waals surface area contributed by atoms with Gasteiger partial charge in [-0.2, -0.15) is 0 Å². The number of aliphatic hydroxyl groups is 2. The molecule has 8 unspecified atom stereocenters. The van der Waals surface area contributed by atoms with Crippen LogP contribution in [0.15, 0.2) is 0 Å². The Morgan fingerprint density at radius 2 is 1.68 bits per heavy atom. The van der Waals surface area contributed by atoms with Gasteiger partial charge in [-0.1, -0.05) is 13.8 Å². The number of amides is 2. The van der Waals surface area contributed by atoms with Crippen LogP contribution in [-0.2, 0) is 9.53 Å². The number of fused-ring (bicyclic) bond motifs is 5. The minimum atomic E-state index is -0.548. The molecule has 4 fully saturated rings. The average Bonchev–Trinajstić information content (AvgIpc) is 3.06. The summed E-state index contributed by atoms with van der Waals surface area (Å²) in [6.07, 6.45) is 6.46. The molecule has 0 heterocycles. The molecule has 34 heavy (non-hydrogen) atoms. The van der Waals surface area contributed by atoms with Crippen LogP contribution in [-0.4, -0.2) is 53.1 Å². The molecule has 4 N–H and O–H groups in total. The number of nitrogens with one attached hydrogen (secondary N) is 2. The largest absolute Gasteiger partial charge is 0.444 e. The molecule has 0 radical (unpaired) electrons. The first-order chi connectivity index (χ1) is 15.8. The van der Waals surface area contributed by atoms with Crippen LogP contribution in [0.25, 0.3) is 0 Å². The highest BCUT2D eigenvalue weighted by Gasteiger charge is 2.63. The van der Waals surface area contributed by atoms with Crippen molar-refractivity contribution in [3.05, 3.63) is 0 Å². The third-order valence-corrected chi connectivity index (χ3v) is 9.98. The number of ether oxygens (including phenoxy) is 1. The van der Waals surface area contributed by atoms with Crippen molar-refractivity contribution in [3.8, 4) is 0 Å². The molecule has 4 saturated carbocycles. The van der Waals surface area contributed by atoms with Gasteiger partial charge in [-0.25, -0.2) is 4.79 Å². The van der Waals surface area contributed by atoms with E-state index in [1.165, 1.54) is 0 Å². The van der Waals surface area contributed by atoms with Gasteiger partial charge in [0.25, 0.3) is 0 Å². The van der Waals surface area contributed by atoms with Crippen LogP contribution < -0.4 is 10.6 Å². The fraction of sp³-hybridized carbons (Fsp3) is 0.926. The topological polar surface area (TPSA) is 108 Å². The highest BCUT2D eigenvalue weighted by atomic mass is 16.6. The number of carbonyl (C=O) groups is 2. The predicted octanol–water partition coefficient (Wildman–Crippen LogP) is 3.62. The first-order valence-electron chi connectivity index (χ1n) is 13.5. The fourth-order valence-corrected chi connectivity index (χ4v) is 8.58. The molecule has 4 aliphatic rings. The van der Waals surface area contributed by atoms with Crippen molar-refractivity contribution in [2.45, 2.75) is 104 Å². The van der Waals surface area contributed by atoms with Crippen LogP contribution in [0.5, 0.6) is 0 Å². The lowest BCUT2D eigenvalue weighted by atomic mass is 9.44. The summed E-state index contributed by atoms with van der Waals surface area (Å²) in [4.78, 5) is 25.0. The minimum absolute atomic E-state index is 0.0438. The van der Waals surface area contributed by atoms with Crippen LogP contribution in [0.4, 0.5) is 4.79 Å². The lowest BCUT2D eigenvalue weighted by Gasteiger charge is -2.62. The second-order valence-corrected chi connectivity index (χ2v) is 13.1. The van der Waals surface area contributed by atoms with Crippen molar-refractivity contribution in [2.24, 2.45) is 40.4 Å². The van der Waals surface area contributed by atoms with Gasteiger partial charge in [-0.05, 0) is 107 Å². The molecule has 4 rings (SSSR count). The molecule has 0 aromatic rings. The number of rotatable bonds is 4. The fourth-order valence-electron chi connectivity index (χ4n) is 8.58. The van der Waals surface area contributed by atoms with E-state index in [2.05, 4.69) is 24.5 Å². The lowest BCUT2D eigenvalue weighted by molar-refractivity contribution is -0.179. The Morgan fingerprint density at radius 1 is 0.971 bits per heavy atom. The molecule has 0 bridgehead atoms. The Labute approximate surface area is 204 Å². The van der Waals surface area contributed by atoms with E-state index in [1.807, 2.05) is 20.8 Å². The maximum Gasteiger partial charge on any atom is 0.407 e. The molecule has 4 aliphatic carbocycles. The van der Waals surface area contributed by atoms with Crippen LogP contribution in [0.3, 0.4) is 0 Å². The molecule has 0 aliphatic heterocycles. The van der Waals surface area contributed by atoms with E-state index in [0.717, 1.165) is 44.9 Å². The number of hydrogen-bond acceptors (Lipinski definition) is 5. The smallest absolute Gasteiger partial charge is 0.407 e. The SMILES string of the molecule is CC(C)(C)OC(=O)NCCNC(=O)C1CCC2C3CCC4CC(O)CCC4(C)C3C(O)C[C@]12C. The first-order valence-corrected chi connectivity index (χ1v) is 13.5. The number of alkyl carbamates (subject to hydrolysis) is 1. The molecule has 7 nitrogen and oxygen atoms in total. The zero-order chi connectivity index (χ0) is 24.9. The van der Waals surface area contributed by atoms with E-state index in [4.69, 9.17) is 4.74 Å². The van der Waals surface area contributed by atoms with Gasteiger partial charge < -0.3 is 25.6 Å². The molecule has 0 aromatic heterocycles. The Hall–Kier alpha value is -1.34. The second kappa shape index (κ2) is 9.27. The van der Waals surface area contributed by atoms with Gasteiger partial charge in [0.05, 0.1) is 12.2 Å². The highest BCUT2D eigenvalue weighted by Crippen LogP contribution is 2.67. The van der Waals surface area contributed by atoms with E-state index in [-0.39, 0.29) is 34.7 Å². The Bertz CT molecular complexity index is 781. The van der Waals surface area contributed by atoms with Gasteiger partial charge in [0.1, 0.15) is 5.60 Å².